The molecule has 0 amide bonds. The van der Waals surface area contributed by atoms with Crippen LogP contribution in [0, 0.1) is 5.82 Å². The highest BCUT2D eigenvalue weighted by Gasteiger charge is 2.65. The molecule has 0 fully saturated rings. The van der Waals surface area contributed by atoms with Crippen molar-refractivity contribution in [1.82, 2.24) is 0 Å². The van der Waals surface area contributed by atoms with Gasteiger partial charge >= 0.3 is 10.5 Å². The fourth-order valence-corrected chi connectivity index (χ4v) is 1.58. The summed E-state index contributed by atoms with van der Waals surface area (Å²) in [7, 11) is -9.83. The normalized spacial score (nSPS) is 18.3. The van der Waals surface area contributed by atoms with Gasteiger partial charge in [0.1, 0.15) is 5.82 Å². The summed E-state index contributed by atoms with van der Waals surface area (Å²) < 4.78 is 74.7. The Labute approximate surface area is 94.3 Å². The van der Waals surface area contributed by atoms with E-state index < -0.39 is 28.8 Å². The summed E-state index contributed by atoms with van der Waals surface area (Å²) in [5, 5.41) is 0. The molecule has 0 aliphatic rings. The molecule has 0 aliphatic heterocycles. The van der Waals surface area contributed by atoms with Gasteiger partial charge in [-0.15, -0.1) is 0 Å². The molecule has 0 aliphatic carbocycles. The number of rotatable bonds is 4. The SMILES string of the molecule is CC(COS(F)(F)(F)(F)F)c1ccc(F)cc1. The Morgan fingerprint density at radius 2 is 1.53 bits per heavy atom. The molecule has 1 atom stereocenters. The van der Waals surface area contributed by atoms with Crippen LogP contribution < -0.4 is 0 Å². The zero-order valence-corrected chi connectivity index (χ0v) is 9.49. The van der Waals surface area contributed by atoms with E-state index in [1.54, 1.807) is 0 Å². The van der Waals surface area contributed by atoms with Crippen LogP contribution in [-0.2, 0) is 4.18 Å². The Balaban J connectivity index is 2.69. The van der Waals surface area contributed by atoms with E-state index in [-0.39, 0.29) is 5.56 Å². The van der Waals surface area contributed by atoms with Crippen LogP contribution >= 0.6 is 10.5 Å². The molecule has 0 spiro atoms. The van der Waals surface area contributed by atoms with E-state index in [1.165, 1.54) is 19.1 Å². The Hall–Kier alpha value is -0.890. The van der Waals surface area contributed by atoms with Crippen LogP contribution in [0.4, 0.5) is 23.8 Å². The summed E-state index contributed by atoms with van der Waals surface area (Å²) in [6.45, 7) is 0.0699. The van der Waals surface area contributed by atoms with Gasteiger partial charge in [-0.3, -0.25) is 0 Å². The average molecular weight is 280 g/mol. The van der Waals surface area contributed by atoms with E-state index in [9.17, 15) is 23.8 Å². The summed E-state index contributed by atoms with van der Waals surface area (Å²) in [5.41, 5.74) is 0.285. The summed E-state index contributed by atoms with van der Waals surface area (Å²) in [6.07, 6.45) is 0. The smallest absolute Gasteiger partial charge is 0.239 e. The number of hydrogen-bond acceptors (Lipinski definition) is 1. The van der Waals surface area contributed by atoms with Gasteiger partial charge in [0.05, 0.1) is 6.61 Å². The van der Waals surface area contributed by atoms with Gasteiger partial charge in [0.25, 0.3) is 0 Å². The van der Waals surface area contributed by atoms with Gasteiger partial charge in [0.2, 0.25) is 0 Å². The molecule has 8 heteroatoms. The van der Waals surface area contributed by atoms with Crippen molar-refractivity contribution >= 4 is 10.5 Å². The maximum absolute atomic E-state index is 12.5. The highest BCUT2D eigenvalue weighted by atomic mass is 32.5. The number of benzene rings is 1. The minimum absolute atomic E-state index is 0.285. The lowest BCUT2D eigenvalue weighted by atomic mass is 10.0. The predicted octanol–water partition coefficient (Wildman–Crippen LogP) is 5.16. The van der Waals surface area contributed by atoms with Gasteiger partial charge in [0, 0.05) is 5.92 Å². The molecule has 1 unspecified atom stereocenters. The van der Waals surface area contributed by atoms with Crippen molar-refractivity contribution in [2.45, 2.75) is 12.8 Å². The first kappa shape index (κ1) is 14.2. The van der Waals surface area contributed by atoms with Crippen LogP contribution in [0.3, 0.4) is 0 Å². The van der Waals surface area contributed by atoms with Crippen LogP contribution in [0.2, 0.25) is 0 Å². The quantitative estimate of drug-likeness (QED) is 0.692. The van der Waals surface area contributed by atoms with Crippen molar-refractivity contribution < 1.29 is 28.0 Å². The third-order valence-electron chi connectivity index (χ3n) is 1.98. The Bertz CT molecular complexity index is 397. The molecule has 17 heavy (non-hydrogen) atoms. The van der Waals surface area contributed by atoms with Gasteiger partial charge in [0.15, 0.2) is 0 Å². The van der Waals surface area contributed by atoms with Crippen LogP contribution in [0.5, 0.6) is 0 Å². The maximum atomic E-state index is 12.5. The minimum Gasteiger partial charge on any atom is -0.239 e. The van der Waals surface area contributed by atoms with Crippen molar-refractivity contribution in [3.63, 3.8) is 0 Å². The van der Waals surface area contributed by atoms with E-state index in [4.69, 9.17) is 0 Å². The summed E-state index contributed by atoms with van der Waals surface area (Å²) in [5.74, 6) is -1.48. The van der Waals surface area contributed by atoms with Crippen LogP contribution in [0.15, 0.2) is 24.3 Å². The molecule has 1 aromatic carbocycles. The van der Waals surface area contributed by atoms with Crippen molar-refractivity contribution in [1.29, 1.82) is 0 Å². The molecule has 0 aromatic heterocycles. The zero-order valence-electron chi connectivity index (χ0n) is 8.68. The van der Waals surface area contributed by atoms with E-state index in [0.29, 0.717) is 0 Å². The minimum atomic E-state index is -9.83. The first-order chi connectivity index (χ1) is 7.36. The highest BCUT2D eigenvalue weighted by Crippen LogP contribution is 2.98. The van der Waals surface area contributed by atoms with Crippen molar-refractivity contribution in [3.8, 4) is 0 Å². The van der Waals surface area contributed by atoms with Crippen LogP contribution in [0.1, 0.15) is 18.4 Å². The molecule has 1 rings (SSSR count). The fraction of sp³-hybridized carbons (Fsp3) is 0.333. The molecule has 100 valence electrons. The summed E-state index contributed by atoms with van der Waals surface area (Å²) in [4.78, 5) is 0. The predicted molar refractivity (Wildman–Crippen MR) is 53.9 cm³/mol. The van der Waals surface area contributed by atoms with E-state index in [0.717, 1.165) is 12.1 Å². The molecule has 1 aromatic rings. The van der Waals surface area contributed by atoms with Crippen molar-refractivity contribution in [3.05, 3.63) is 35.6 Å². The zero-order chi connectivity index (χ0) is 13.4. The topological polar surface area (TPSA) is 9.23 Å². The van der Waals surface area contributed by atoms with E-state index in [2.05, 4.69) is 4.18 Å². The molecule has 0 radical (unpaired) electrons. The average Bonchev–Trinajstić information content (AvgIpc) is 2.12. The van der Waals surface area contributed by atoms with E-state index >= 15 is 0 Å². The number of hydrogen-bond donors (Lipinski definition) is 0. The molecule has 0 saturated heterocycles. The largest absolute Gasteiger partial charge is 0.397 e. The lowest BCUT2D eigenvalue weighted by Gasteiger charge is -2.39. The summed E-state index contributed by atoms with van der Waals surface area (Å²) >= 11 is 0. The molecular formula is C9H10F6OS. The van der Waals surface area contributed by atoms with Gasteiger partial charge < -0.3 is 0 Å². The Morgan fingerprint density at radius 3 is 1.94 bits per heavy atom. The lowest BCUT2D eigenvalue weighted by Crippen LogP contribution is -2.15. The molecule has 0 saturated carbocycles. The molecule has 0 N–H and O–H groups in total. The molecule has 1 nitrogen and oxygen atoms in total. The second-order valence-electron chi connectivity index (χ2n) is 3.64. The third kappa shape index (κ3) is 5.83. The molecule has 0 heterocycles. The highest BCUT2D eigenvalue weighted by molar-refractivity contribution is 8.42. The first-order valence-electron chi connectivity index (χ1n) is 4.51. The standard InChI is InChI=1S/C9H10F6OS/c1-7(6-16-17(11,12,13,14)15)8-2-4-9(10)5-3-8/h2-5,7H,6H2,1H3. The maximum Gasteiger partial charge on any atom is 0.397 e. The van der Waals surface area contributed by atoms with Crippen molar-refractivity contribution in [2.75, 3.05) is 6.61 Å². The Kier molecular flexibility index (Phi) is 2.96. The lowest BCUT2D eigenvalue weighted by molar-refractivity contribution is 0.147. The fourth-order valence-electron chi connectivity index (χ4n) is 1.12. The second-order valence-corrected chi connectivity index (χ2v) is 5.67. The van der Waals surface area contributed by atoms with E-state index in [1.807, 2.05) is 0 Å². The second kappa shape index (κ2) is 3.55. The van der Waals surface area contributed by atoms with Gasteiger partial charge in [-0.1, -0.05) is 38.5 Å². The van der Waals surface area contributed by atoms with Gasteiger partial charge in [-0.05, 0) is 17.7 Å². The van der Waals surface area contributed by atoms with Crippen LogP contribution in [0.25, 0.3) is 0 Å². The first-order valence-corrected chi connectivity index (χ1v) is 6.39. The van der Waals surface area contributed by atoms with Gasteiger partial charge in [-0.25, -0.2) is 8.57 Å². The third-order valence-corrected chi connectivity index (χ3v) is 2.56. The molecular weight excluding hydrogens is 270 g/mol. The monoisotopic (exact) mass is 280 g/mol. The summed E-state index contributed by atoms with van der Waals surface area (Å²) in [6, 6.07) is 4.50. The van der Waals surface area contributed by atoms with Crippen LogP contribution in [-0.4, -0.2) is 6.61 Å². The molecule has 0 bridgehead atoms. The Morgan fingerprint density at radius 1 is 1.06 bits per heavy atom. The van der Waals surface area contributed by atoms with Gasteiger partial charge in [-0.2, -0.15) is 0 Å². The van der Waals surface area contributed by atoms with Crippen molar-refractivity contribution in [2.24, 2.45) is 0 Å². The number of halogens is 6.